The van der Waals surface area contributed by atoms with Crippen LogP contribution in [0, 0.1) is 0 Å². The van der Waals surface area contributed by atoms with Crippen LogP contribution in [0.5, 0.6) is 23.0 Å². The van der Waals surface area contributed by atoms with Crippen molar-refractivity contribution in [1.82, 2.24) is 0 Å². The minimum absolute atomic E-state index is 0.346. The Morgan fingerprint density at radius 1 is 0.667 bits per heavy atom. The molecule has 2 N–H and O–H groups in total. The zero-order chi connectivity index (χ0) is 22.3. The molecule has 0 spiro atoms. The van der Waals surface area contributed by atoms with Gasteiger partial charge in [-0.1, -0.05) is 0 Å². The van der Waals surface area contributed by atoms with Gasteiger partial charge < -0.3 is 29.2 Å². The Hall–Kier alpha value is -3.94. The molecule has 2 rings (SSSR count). The van der Waals surface area contributed by atoms with Crippen LogP contribution in [0.2, 0.25) is 0 Å². The first-order valence-electron chi connectivity index (χ1n) is 8.69. The molecule has 0 saturated carbocycles. The Morgan fingerprint density at radius 3 is 1.30 bits per heavy atom. The number of hydrogen-bond acceptors (Lipinski definition) is 6. The van der Waals surface area contributed by atoms with Crippen LogP contribution in [0.3, 0.4) is 0 Å². The lowest BCUT2D eigenvalue weighted by Gasteiger charge is -2.11. The van der Waals surface area contributed by atoms with Crippen LogP contribution in [-0.2, 0) is 9.59 Å². The van der Waals surface area contributed by atoms with Crippen LogP contribution < -0.4 is 18.9 Å². The third-order valence-electron chi connectivity index (χ3n) is 4.22. The highest BCUT2D eigenvalue weighted by Gasteiger charge is 2.22. The maximum absolute atomic E-state index is 12.0. The third kappa shape index (κ3) is 5.11. The first kappa shape index (κ1) is 22.4. The summed E-state index contributed by atoms with van der Waals surface area (Å²) in [4.78, 5) is 23.9. The van der Waals surface area contributed by atoms with Crippen molar-refractivity contribution in [2.45, 2.75) is 0 Å². The number of hydrogen-bond donors (Lipinski definition) is 2. The minimum atomic E-state index is -1.42. The van der Waals surface area contributed by atoms with Crippen molar-refractivity contribution in [3.05, 3.63) is 58.7 Å². The summed E-state index contributed by atoms with van der Waals surface area (Å²) in [6, 6.07) is 9.58. The van der Waals surface area contributed by atoms with E-state index in [4.69, 9.17) is 18.9 Å². The van der Waals surface area contributed by atoms with Gasteiger partial charge in [0.25, 0.3) is 0 Å². The van der Waals surface area contributed by atoms with Crippen molar-refractivity contribution in [3.63, 3.8) is 0 Å². The molecule has 0 aromatic heterocycles. The summed E-state index contributed by atoms with van der Waals surface area (Å²) in [6.45, 7) is 0. The number of carbonyl (C=O) groups is 2. The van der Waals surface area contributed by atoms with Crippen LogP contribution in [0.1, 0.15) is 11.1 Å². The van der Waals surface area contributed by atoms with E-state index in [1.165, 1.54) is 40.6 Å². The van der Waals surface area contributed by atoms with Crippen LogP contribution in [0.25, 0.3) is 12.2 Å². The Morgan fingerprint density at radius 2 is 1.03 bits per heavy atom. The van der Waals surface area contributed by atoms with Crippen molar-refractivity contribution >= 4 is 24.1 Å². The fraction of sp³-hybridized carbons (Fsp3) is 0.182. The smallest absolute Gasteiger partial charge is 0.336 e. The molecule has 30 heavy (non-hydrogen) atoms. The van der Waals surface area contributed by atoms with Gasteiger partial charge in [-0.05, 0) is 48.6 Å². The number of carboxylic acid groups (broad SMARTS) is 2. The Labute approximate surface area is 173 Å². The average Bonchev–Trinajstić information content (AvgIpc) is 2.75. The fourth-order valence-electron chi connectivity index (χ4n) is 2.72. The monoisotopic (exact) mass is 414 g/mol. The normalized spacial score (nSPS) is 11.6. The van der Waals surface area contributed by atoms with E-state index in [1.807, 2.05) is 0 Å². The van der Waals surface area contributed by atoms with Gasteiger partial charge in [0.2, 0.25) is 0 Å². The first-order chi connectivity index (χ1) is 14.3. The summed E-state index contributed by atoms with van der Waals surface area (Å²) in [6.07, 6.45) is 2.44. The summed E-state index contributed by atoms with van der Waals surface area (Å²) in [5.41, 5.74) is -0.198. The molecule has 0 fully saturated rings. The lowest BCUT2D eigenvalue weighted by molar-refractivity contribution is -0.136. The van der Waals surface area contributed by atoms with Crippen molar-refractivity contribution < 1.29 is 38.7 Å². The highest BCUT2D eigenvalue weighted by Crippen LogP contribution is 2.31. The van der Waals surface area contributed by atoms with E-state index in [2.05, 4.69) is 0 Å². The lowest BCUT2D eigenvalue weighted by atomic mass is 9.99. The molecule has 0 unspecified atom stereocenters. The van der Waals surface area contributed by atoms with Gasteiger partial charge >= 0.3 is 11.9 Å². The maximum Gasteiger partial charge on any atom is 0.336 e. The molecular formula is C22H22O8. The van der Waals surface area contributed by atoms with Gasteiger partial charge in [0.05, 0.1) is 39.6 Å². The zero-order valence-corrected chi connectivity index (χ0v) is 17.0. The zero-order valence-electron chi connectivity index (χ0n) is 17.0. The van der Waals surface area contributed by atoms with Gasteiger partial charge in [0, 0.05) is 11.1 Å². The maximum atomic E-state index is 12.0. The molecule has 0 amide bonds. The van der Waals surface area contributed by atoms with Crippen molar-refractivity contribution in [2.24, 2.45) is 0 Å². The molecule has 0 radical (unpaired) electrons. The molecule has 8 nitrogen and oxygen atoms in total. The number of benzene rings is 2. The number of methoxy groups -OCH3 is 4. The lowest BCUT2D eigenvalue weighted by Crippen LogP contribution is -2.11. The van der Waals surface area contributed by atoms with E-state index in [9.17, 15) is 19.8 Å². The molecule has 0 atom stereocenters. The number of carboxylic acids is 2. The summed E-state index contributed by atoms with van der Waals surface area (Å²) in [5.74, 6) is -1.20. The highest BCUT2D eigenvalue weighted by atomic mass is 16.5. The topological polar surface area (TPSA) is 112 Å². The van der Waals surface area contributed by atoms with Gasteiger partial charge in [-0.25, -0.2) is 9.59 Å². The number of aliphatic carboxylic acids is 2. The predicted octanol–water partition coefficient (Wildman–Crippen LogP) is 3.36. The molecular weight excluding hydrogens is 392 g/mol. The second kappa shape index (κ2) is 10.0. The molecule has 0 heterocycles. The van der Waals surface area contributed by atoms with E-state index >= 15 is 0 Å². The van der Waals surface area contributed by atoms with Crippen molar-refractivity contribution in [2.75, 3.05) is 28.4 Å². The number of rotatable bonds is 9. The van der Waals surface area contributed by atoms with Crippen LogP contribution in [-0.4, -0.2) is 50.6 Å². The molecule has 0 aliphatic carbocycles. The molecule has 8 heteroatoms. The van der Waals surface area contributed by atoms with E-state index < -0.39 is 23.1 Å². The summed E-state index contributed by atoms with van der Waals surface area (Å²) >= 11 is 0. The van der Waals surface area contributed by atoms with Gasteiger partial charge in [-0.15, -0.1) is 0 Å². The van der Waals surface area contributed by atoms with Gasteiger partial charge in [-0.3, -0.25) is 0 Å². The van der Waals surface area contributed by atoms with E-state index in [0.29, 0.717) is 34.1 Å². The van der Waals surface area contributed by atoms with Gasteiger partial charge in [0.1, 0.15) is 23.0 Å². The molecule has 158 valence electrons. The number of ether oxygens (including phenoxy) is 4. The quantitative estimate of drug-likeness (QED) is 0.475. The largest absolute Gasteiger partial charge is 0.497 e. The molecule has 2 aromatic rings. The van der Waals surface area contributed by atoms with E-state index in [-0.39, 0.29) is 0 Å². The average molecular weight is 414 g/mol. The van der Waals surface area contributed by atoms with Crippen molar-refractivity contribution in [1.29, 1.82) is 0 Å². The molecule has 0 saturated heterocycles. The standard InChI is InChI=1S/C22H22O8/c1-27-15-5-7-19(29-3)13(9-15)11-17(21(23)24)18(22(25)26)12-14-10-16(28-2)6-8-20(14)30-4/h5-12H,1-4H3,(H,23,24)(H,25,26). The summed E-state index contributed by atoms with van der Waals surface area (Å²) < 4.78 is 20.8. The van der Waals surface area contributed by atoms with Gasteiger partial charge in [-0.2, -0.15) is 0 Å². The van der Waals surface area contributed by atoms with Crippen LogP contribution in [0.15, 0.2) is 47.5 Å². The summed E-state index contributed by atoms with van der Waals surface area (Å²) in [5, 5.41) is 19.5. The van der Waals surface area contributed by atoms with E-state index in [1.54, 1.807) is 36.4 Å². The molecule has 0 aliphatic heterocycles. The van der Waals surface area contributed by atoms with Crippen LogP contribution >= 0.6 is 0 Å². The molecule has 2 aromatic carbocycles. The van der Waals surface area contributed by atoms with Crippen molar-refractivity contribution in [3.8, 4) is 23.0 Å². The molecule has 0 aliphatic rings. The Balaban J connectivity index is 2.72. The van der Waals surface area contributed by atoms with Gasteiger partial charge in [0.15, 0.2) is 0 Å². The Kier molecular flexibility index (Phi) is 7.46. The molecule has 0 bridgehead atoms. The highest BCUT2D eigenvalue weighted by molar-refractivity contribution is 6.11. The minimum Gasteiger partial charge on any atom is -0.497 e. The first-order valence-corrected chi connectivity index (χ1v) is 8.69. The second-order valence-corrected chi connectivity index (χ2v) is 5.94. The fourth-order valence-corrected chi connectivity index (χ4v) is 2.72. The van der Waals surface area contributed by atoms with E-state index in [0.717, 1.165) is 0 Å². The SMILES string of the molecule is COc1ccc(OC)c(C=C(C(=O)O)C(=Cc2cc(OC)ccc2OC)C(=O)O)c1. The predicted molar refractivity (Wildman–Crippen MR) is 110 cm³/mol. The Bertz CT molecular complexity index is 923. The summed E-state index contributed by atoms with van der Waals surface area (Å²) in [7, 11) is 5.78. The third-order valence-corrected chi connectivity index (χ3v) is 4.22. The second-order valence-electron chi connectivity index (χ2n) is 5.94. The van der Waals surface area contributed by atoms with Crippen LogP contribution in [0.4, 0.5) is 0 Å².